The maximum Gasteiger partial charge on any atom is 0.312 e. The summed E-state index contributed by atoms with van der Waals surface area (Å²) in [4.78, 5) is 27.1. The molecule has 0 saturated carbocycles. The molecule has 0 bridgehead atoms. The molecular formula is C22H20Br2N2O3. The zero-order valence-corrected chi connectivity index (χ0v) is 19.2. The summed E-state index contributed by atoms with van der Waals surface area (Å²) in [7, 11) is 0. The van der Waals surface area contributed by atoms with Crippen LogP contribution in [0.2, 0.25) is 0 Å². The first kappa shape index (κ1) is 21.5. The second-order valence-corrected chi connectivity index (χ2v) is 8.56. The van der Waals surface area contributed by atoms with Crippen LogP contribution in [0.4, 0.5) is 5.69 Å². The molecule has 1 amide bonds. The number of fused-ring (bicyclic) bond motifs is 1. The van der Waals surface area contributed by atoms with Gasteiger partial charge >= 0.3 is 5.97 Å². The Morgan fingerprint density at radius 3 is 2.41 bits per heavy atom. The van der Waals surface area contributed by atoms with Gasteiger partial charge in [-0.05, 0) is 66.8 Å². The Morgan fingerprint density at radius 2 is 1.79 bits per heavy atom. The predicted octanol–water partition coefficient (Wildman–Crippen LogP) is 5.63. The second-order valence-electron chi connectivity index (χ2n) is 6.85. The van der Waals surface area contributed by atoms with Crippen LogP contribution in [0.25, 0.3) is 10.9 Å². The van der Waals surface area contributed by atoms with Crippen LogP contribution < -0.4 is 5.32 Å². The van der Waals surface area contributed by atoms with Crippen molar-refractivity contribution < 1.29 is 14.7 Å². The number of nitrogens with zero attached hydrogens (tertiary/aromatic N) is 1. The highest BCUT2D eigenvalue weighted by atomic mass is 79.9. The van der Waals surface area contributed by atoms with Crippen molar-refractivity contribution in [2.45, 2.75) is 33.1 Å². The fraction of sp³-hybridized carbons (Fsp3) is 0.227. The monoisotopic (exact) mass is 518 g/mol. The molecule has 3 rings (SSSR count). The van der Waals surface area contributed by atoms with Crippen molar-refractivity contribution in [3.63, 3.8) is 0 Å². The van der Waals surface area contributed by atoms with Gasteiger partial charge in [-0.2, -0.15) is 0 Å². The first-order valence-electron chi connectivity index (χ1n) is 9.15. The van der Waals surface area contributed by atoms with E-state index in [9.17, 15) is 9.59 Å². The van der Waals surface area contributed by atoms with Crippen LogP contribution in [0.15, 0.2) is 45.3 Å². The highest BCUT2D eigenvalue weighted by molar-refractivity contribution is 9.11. The van der Waals surface area contributed by atoms with Crippen molar-refractivity contribution >= 4 is 60.3 Å². The molecule has 0 aliphatic heterocycles. The summed E-state index contributed by atoms with van der Waals surface area (Å²) in [5, 5.41) is 12.5. The Hall–Kier alpha value is -2.25. The van der Waals surface area contributed by atoms with Gasteiger partial charge in [0.1, 0.15) is 6.42 Å². The Balaban J connectivity index is 1.87. The van der Waals surface area contributed by atoms with E-state index in [1.54, 1.807) is 12.1 Å². The Morgan fingerprint density at radius 1 is 1.10 bits per heavy atom. The number of nitrogens with one attached hydrogen (secondary N) is 1. The fourth-order valence-corrected chi connectivity index (χ4v) is 4.66. The average Bonchev–Trinajstić information content (AvgIpc) is 2.64. The minimum atomic E-state index is -1.16. The third-order valence-corrected chi connectivity index (χ3v) is 6.03. The first-order chi connectivity index (χ1) is 13.8. The van der Waals surface area contributed by atoms with Gasteiger partial charge in [0.15, 0.2) is 0 Å². The number of halogens is 2. The lowest BCUT2D eigenvalue weighted by molar-refractivity contribution is -0.139. The van der Waals surface area contributed by atoms with E-state index in [-0.39, 0.29) is 0 Å². The Bertz CT molecular complexity index is 1090. The summed E-state index contributed by atoms with van der Waals surface area (Å²) in [6.45, 7) is 4.21. The van der Waals surface area contributed by atoms with Gasteiger partial charge in [0, 0.05) is 25.7 Å². The lowest BCUT2D eigenvalue weighted by Crippen LogP contribution is -2.16. The van der Waals surface area contributed by atoms with Crippen LogP contribution >= 0.6 is 31.9 Å². The van der Waals surface area contributed by atoms with Crippen molar-refractivity contribution in [3.8, 4) is 0 Å². The number of anilines is 1. The van der Waals surface area contributed by atoms with E-state index in [1.165, 1.54) is 5.56 Å². The molecule has 150 valence electrons. The molecule has 1 heterocycles. The van der Waals surface area contributed by atoms with Crippen molar-refractivity contribution in [1.82, 2.24) is 4.98 Å². The molecule has 0 fully saturated rings. The average molecular weight is 520 g/mol. The van der Waals surface area contributed by atoms with Crippen LogP contribution in [0.3, 0.4) is 0 Å². The summed E-state index contributed by atoms with van der Waals surface area (Å²) < 4.78 is 1.66. The van der Waals surface area contributed by atoms with Crippen LogP contribution in [-0.2, 0) is 22.4 Å². The van der Waals surface area contributed by atoms with E-state index in [1.807, 2.05) is 0 Å². The van der Waals surface area contributed by atoms with Gasteiger partial charge in [0.2, 0.25) is 5.91 Å². The van der Waals surface area contributed by atoms with Crippen LogP contribution in [0.1, 0.15) is 35.7 Å². The zero-order valence-electron chi connectivity index (χ0n) is 16.1. The molecular weight excluding hydrogens is 500 g/mol. The zero-order chi connectivity index (χ0) is 21.1. The topological polar surface area (TPSA) is 79.3 Å². The van der Waals surface area contributed by atoms with Gasteiger partial charge in [-0.3, -0.25) is 14.6 Å². The van der Waals surface area contributed by atoms with Crippen molar-refractivity contribution in [3.05, 3.63) is 67.7 Å². The normalized spacial score (nSPS) is 10.9. The van der Waals surface area contributed by atoms with Gasteiger partial charge in [0.25, 0.3) is 0 Å². The van der Waals surface area contributed by atoms with E-state index in [2.05, 4.69) is 75.3 Å². The molecule has 29 heavy (non-hydrogen) atoms. The van der Waals surface area contributed by atoms with Crippen LogP contribution in [0.5, 0.6) is 0 Å². The summed E-state index contributed by atoms with van der Waals surface area (Å²) in [5.41, 5.74) is 6.02. The van der Waals surface area contributed by atoms with E-state index in [0.717, 1.165) is 43.1 Å². The number of benzene rings is 2. The first-order valence-corrected chi connectivity index (χ1v) is 10.7. The number of carbonyl (C=O) groups excluding carboxylic acids is 1. The SMILES string of the molecule is CCc1cc(C)c2cc(Cc3c(Br)cc(NC(=O)CC(=O)O)cc3Br)ccc2n1. The van der Waals surface area contributed by atoms with Gasteiger partial charge < -0.3 is 10.4 Å². The van der Waals surface area contributed by atoms with Gasteiger partial charge in [-0.15, -0.1) is 0 Å². The number of aliphatic carboxylic acids is 1. The molecule has 0 unspecified atom stereocenters. The smallest absolute Gasteiger partial charge is 0.312 e. The van der Waals surface area contributed by atoms with E-state index in [4.69, 9.17) is 10.1 Å². The maximum atomic E-state index is 11.7. The quantitative estimate of drug-likeness (QED) is 0.413. The fourth-order valence-electron chi connectivity index (χ4n) is 3.19. The highest BCUT2D eigenvalue weighted by Gasteiger charge is 2.13. The Labute approximate surface area is 185 Å². The number of carboxylic acids is 1. The largest absolute Gasteiger partial charge is 0.481 e. The summed E-state index contributed by atoms with van der Waals surface area (Å²) in [5.74, 6) is -1.72. The third kappa shape index (κ3) is 5.22. The number of carbonyl (C=O) groups is 2. The van der Waals surface area contributed by atoms with Crippen molar-refractivity contribution in [1.29, 1.82) is 0 Å². The molecule has 5 nitrogen and oxygen atoms in total. The molecule has 0 saturated heterocycles. The lowest BCUT2D eigenvalue weighted by atomic mass is 10.0. The minimum absolute atomic E-state index is 0.532. The Kier molecular flexibility index (Phi) is 6.70. The molecule has 0 radical (unpaired) electrons. The summed E-state index contributed by atoms with van der Waals surface area (Å²) in [6, 6.07) is 12.0. The number of aryl methyl sites for hydroxylation is 2. The van der Waals surface area contributed by atoms with Gasteiger partial charge in [0.05, 0.1) is 5.52 Å². The molecule has 1 aromatic heterocycles. The third-order valence-electron chi connectivity index (χ3n) is 4.61. The predicted molar refractivity (Wildman–Crippen MR) is 121 cm³/mol. The number of rotatable bonds is 6. The molecule has 2 N–H and O–H groups in total. The maximum absolute atomic E-state index is 11.7. The molecule has 3 aromatic rings. The lowest BCUT2D eigenvalue weighted by Gasteiger charge is -2.13. The molecule has 0 aliphatic carbocycles. The van der Waals surface area contributed by atoms with Gasteiger partial charge in [-0.1, -0.05) is 44.8 Å². The molecule has 0 spiro atoms. The minimum Gasteiger partial charge on any atom is -0.481 e. The van der Waals surface area contributed by atoms with E-state index >= 15 is 0 Å². The molecule has 2 aromatic carbocycles. The second kappa shape index (κ2) is 9.05. The molecule has 0 atom stereocenters. The van der Waals surface area contributed by atoms with Crippen LogP contribution in [-0.4, -0.2) is 22.0 Å². The van der Waals surface area contributed by atoms with E-state index < -0.39 is 18.3 Å². The number of amides is 1. The summed E-state index contributed by atoms with van der Waals surface area (Å²) in [6.07, 6.45) is 1.03. The number of hydrogen-bond donors (Lipinski definition) is 2. The molecule has 0 aliphatic rings. The standard InChI is InChI=1S/C22H20Br2N2O3/c1-3-14-6-12(2)16-7-13(4-5-20(16)25-14)8-17-18(23)9-15(10-19(17)24)26-21(27)11-22(28)29/h4-7,9-10H,3,8,11H2,1-2H3,(H,26,27)(H,28,29). The van der Waals surface area contributed by atoms with Crippen molar-refractivity contribution in [2.75, 3.05) is 5.32 Å². The summed E-state index contributed by atoms with van der Waals surface area (Å²) >= 11 is 7.14. The number of aromatic nitrogens is 1. The number of hydrogen-bond acceptors (Lipinski definition) is 3. The number of carboxylic acid groups (broad SMARTS) is 1. The van der Waals surface area contributed by atoms with Crippen molar-refractivity contribution in [2.24, 2.45) is 0 Å². The van der Waals surface area contributed by atoms with E-state index in [0.29, 0.717) is 12.1 Å². The number of pyridine rings is 1. The molecule has 7 heteroatoms. The van der Waals surface area contributed by atoms with Crippen LogP contribution in [0, 0.1) is 6.92 Å². The highest BCUT2D eigenvalue weighted by Crippen LogP contribution is 2.32. The van der Waals surface area contributed by atoms with Gasteiger partial charge in [-0.25, -0.2) is 0 Å².